The number of rotatable bonds is 9. The molecule has 8 nitrogen and oxygen atoms in total. The Morgan fingerprint density at radius 2 is 1.75 bits per heavy atom. The average molecular weight is 545 g/mol. The molecule has 3 rings (SSSR count). The van der Waals surface area contributed by atoms with Gasteiger partial charge in [0.2, 0.25) is 0 Å². The van der Waals surface area contributed by atoms with Crippen LogP contribution in [0.4, 0.5) is 5.82 Å². The third-order valence-corrected chi connectivity index (χ3v) is 4.62. The van der Waals surface area contributed by atoms with E-state index in [1.165, 1.54) is 0 Å². The number of hydrogen-bond donors (Lipinski definition) is 3. The number of para-hydroxylation sites is 2. The number of aryl methyl sites for hydroxylation is 1. The van der Waals surface area contributed by atoms with Gasteiger partial charge < -0.3 is 21.1 Å². The molecule has 0 radical (unpaired) electrons. The van der Waals surface area contributed by atoms with Crippen molar-refractivity contribution in [1.82, 2.24) is 20.4 Å². The quantitative estimate of drug-likeness (QED) is 0.165. The molecule has 3 aromatic rings. The van der Waals surface area contributed by atoms with Gasteiger partial charge in [0.05, 0.1) is 17.9 Å². The minimum absolute atomic E-state index is 0. The number of anilines is 1. The van der Waals surface area contributed by atoms with Crippen LogP contribution in [0, 0.1) is 11.3 Å². The van der Waals surface area contributed by atoms with Crippen molar-refractivity contribution in [3.63, 3.8) is 0 Å². The number of ether oxygens (including phenoxy) is 1. The number of nitriles is 1. The van der Waals surface area contributed by atoms with Crippen molar-refractivity contribution < 1.29 is 4.74 Å². The van der Waals surface area contributed by atoms with Gasteiger partial charge in [-0.2, -0.15) is 10.4 Å². The molecule has 0 saturated carbocycles. The van der Waals surface area contributed by atoms with Crippen LogP contribution < -0.4 is 21.1 Å². The molecule has 4 N–H and O–H groups in total. The Bertz CT molecular complexity index is 1030. The summed E-state index contributed by atoms with van der Waals surface area (Å²) in [6.45, 7) is 1.85. The van der Waals surface area contributed by atoms with Gasteiger partial charge in [0, 0.05) is 13.6 Å². The second-order valence-corrected chi connectivity index (χ2v) is 6.76. The van der Waals surface area contributed by atoms with E-state index in [2.05, 4.69) is 26.8 Å². The lowest BCUT2D eigenvalue weighted by Gasteiger charge is -2.12. The van der Waals surface area contributed by atoms with E-state index in [0.29, 0.717) is 49.2 Å². The molecule has 0 amide bonds. The molecule has 0 aliphatic heterocycles. The van der Waals surface area contributed by atoms with Gasteiger partial charge in [0.15, 0.2) is 5.96 Å². The van der Waals surface area contributed by atoms with Crippen molar-refractivity contribution in [2.45, 2.75) is 12.8 Å². The van der Waals surface area contributed by atoms with E-state index < -0.39 is 0 Å². The Morgan fingerprint density at radius 3 is 2.41 bits per heavy atom. The SMILES string of the molecule is CN=C(NCCCc1nn(-c2ccccc2)c(N)c1C#N)NCCOc1ccccc1.I. The van der Waals surface area contributed by atoms with E-state index in [0.717, 1.165) is 17.9 Å². The Morgan fingerprint density at radius 1 is 1.09 bits per heavy atom. The fourth-order valence-electron chi connectivity index (χ4n) is 3.08. The van der Waals surface area contributed by atoms with Gasteiger partial charge in [0.25, 0.3) is 0 Å². The minimum atomic E-state index is 0. The van der Waals surface area contributed by atoms with Gasteiger partial charge in [-0.15, -0.1) is 24.0 Å². The highest BCUT2D eigenvalue weighted by Crippen LogP contribution is 2.21. The lowest BCUT2D eigenvalue weighted by molar-refractivity contribution is 0.322. The van der Waals surface area contributed by atoms with Gasteiger partial charge >= 0.3 is 0 Å². The van der Waals surface area contributed by atoms with Crippen LogP contribution in [-0.2, 0) is 6.42 Å². The normalized spacial score (nSPS) is 10.7. The Kier molecular flexibility index (Phi) is 10.3. The molecule has 0 aliphatic carbocycles. The minimum Gasteiger partial charge on any atom is -0.492 e. The number of nitrogen functional groups attached to an aromatic ring is 1. The van der Waals surface area contributed by atoms with Crippen LogP contribution in [0.5, 0.6) is 5.75 Å². The van der Waals surface area contributed by atoms with Crippen molar-refractivity contribution in [2.75, 3.05) is 32.5 Å². The lowest BCUT2D eigenvalue weighted by Crippen LogP contribution is -2.39. The molecule has 0 bridgehead atoms. The van der Waals surface area contributed by atoms with Crippen molar-refractivity contribution in [3.8, 4) is 17.5 Å². The number of nitrogens with two attached hydrogens (primary N) is 1. The zero-order chi connectivity index (χ0) is 21.9. The molecule has 0 atom stereocenters. The van der Waals surface area contributed by atoms with E-state index in [4.69, 9.17) is 10.5 Å². The molecule has 2 aromatic carbocycles. The molecule has 0 saturated heterocycles. The number of nitrogens with one attached hydrogen (secondary N) is 2. The summed E-state index contributed by atoms with van der Waals surface area (Å²) in [5.41, 5.74) is 8.12. The molecule has 32 heavy (non-hydrogen) atoms. The highest BCUT2D eigenvalue weighted by atomic mass is 127. The number of aliphatic imine (C=N–C) groups is 1. The van der Waals surface area contributed by atoms with Gasteiger partial charge in [0.1, 0.15) is 29.8 Å². The Balaban J connectivity index is 0.00000363. The smallest absolute Gasteiger partial charge is 0.191 e. The maximum Gasteiger partial charge on any atom is 0.191 e. The molecule has 0 aliphatic rings. The summed E-state index contributed by atoms with van der Waals surface area (Å²) >= 11 is 0. The van der Waals surface area contributed by atoms with Crippen molar-refractivity contribution in [1.29, 1.82) is 5.26 Å². The highest BCUT2D eigenvalue weighted by molar-refractivity contribution is 14.0. The van der Waals surface area contributed by atoms with E-state index in [9.17, 15) is 5.26 Å². The van der Waals surface area contributed by atoms with E-state index >= 15 is 0 Å². The summed E-state index contributed by atoms with van der Waals surface area (Å²) in [6, 6.07) is 21.4. The number of nitrogens with zero attached hydrogens (tertiary/aromatic N) is 4. The Labute approximate surface area is 205 Å². The first-order valence-electron chi connectivity index (χ1n) is 10.2. The summed E-state index contributed by atoms with van der Waals surface area (Å²) in [5.74, 6) is 1.91. The van der Waals surface area contributed by atoms with Crippen molar-refractivity contribution in [3.05, 3.63) is 71.9 Å². The van der Waals surface area contributed by atoms with E-state index in [-0.39, 0.29) is 24.0 Å². The zero-order valence-electron chi connectivity index (χ0n) is 18.0. The standard InChI is InChI=1S/C23H27N7O.HI/c1-26-23(28-15-16-31-19-11-6-3-7-12-19)27-14-8-13-21-20(17-24)22(25)30(29-21)18-9-4-2-5-10-18;/h2-7,9-12H,8,13-16,25H2,1H3,(H2,26,27,28);1H. The topological polar surface area (TPSA) is 113 Å². The summed E-state index contributed by atoms with van der Waals surface area (Å²) in [6.07, 6.45) is 1.41. The monoisotopic (exact) mass is 545 g/mol. The van der Waals surface area contributed by atoms with Crippen LogP contribution in [0.15, 0.2) is 65.7 Å². The summed E-state index contributed by atoms with van der Waals surface area (Å²) < 4.78 is 7.28. The molecule has 1 heterocycles. The number of guanidine groups is 1. The maximum absolute atomic E-state index is 9.51. The van der Waals surface area contributed by atoms with Crippen LogP contribution in [-0.4, -0.2) is 42.5 Å². The highest BCUT2D eigenvalue weighted by Gasteiger charge is 2.16. The van der Waals surface area contributed by atoms with Crippen LogP contribution in [0.2, 0.25) is 0 Å². The van der Waals surface area contributed by atoms with Crippen LogP contribution in [0.3, 0.4) is 0 Å². The first-order valence-corrected chi connectivity index (χ1v) is 10.2. The second kappa shape index (κ2) is 13.2. The molecular formula is C23H28IN7O. The number of benzene rings is 2. The molecule has 1 aromatic heterocycles. The zero-order valence-corrected chi connectivity index (χ0v) is 20.3. The van der Waals surface area contributed by atoms with Crippen LogP contribution in [0.1, 0.15) is 17.7 Å². The van der Waals surface area contributed by atoms with Gasteiger partial charge in [-0.25, -0.2) is 4.68 Å². The van der Waals surface area contributed by atoms with Crippen LogP contribution in [0.25, 0.3) is 5.69 Å². The van der Waals surface area contributed by atoms with Gasteiger partial charge in [-0.05, 0) is 37.1 Å². The predicted octanol–water partition coefficient (Wildman–Crippen LogP) is 3.12. The largest absolute Gasteiger partial charge is 0.492 e. The average Bonchev–Trinajstić information content (AvgIpc) is 3.14. The number of hydrogen-bond acceptors (Lipinski definition) is 5. The van der Waals surface area contributed by atoms with Crippen LogP contribution >= 0.6 is 24.0 Å². The third-order valence-electron chi connectivity index (χ3n) is 4.62. The van der Waals surface area contributed by atoms with Gasteiger partial charge in [-0.3, -0.25) is 4.99 Å². The summed E-state index contributed by atoms with van der Waals surface area (Å²) in [4.78, 5) is 4.22. The van der Waals surface area contributed by atoms with Gasteiger partial charge in [-0.1, -0.05) is 36.4 Å². The molecule has 9 heteroatoms. The maximum atomic E-state index is 9.51. The number of halogens is 1. The molecule has 0 unspecified atom stereocenters. The molecule has 168 valence electrons. The first kappa shape index (κ1) is 25.0. The third kappa shape index (κ3) is 6.88. The Hall–Kier alpha value is -3.26. The van der Waals surface area contributed by atoms with E-state index in [1.807, 2.05) is 60.7 Å². The fourth-order valence-corrected chi connectivity index (χ4v) is 3.08. The van der Waals surface area contributed by atoms with E-state index in [1.54, 1.807) is 11.7 Å². The number of aromatic nitrogens is 2. The van der Waals surface area contributed by atoms with Crippen molar-refractivity contribution >= 4 is 35.8 Å². The molecule has 0 fully saturated rings. The predicted molar refractivity (Wildman–Crippen MR) is 138 cm³/mol. The summed E-state index contributed by atoms with van der Waals surface area (Å²) in [5, 5.41) is 20.5. The lowest BCUT2D eigenvalue weighted by atomic mass is 10.1. The second-order valence-electron chi connectivity index (χ2n) is 6.76. The summed E-state index contributed by atoms with van der Waals surface area (Å²) in [7, 11) is 1.73. The fraction of sp³-hybridized carbons (Fsp3) is 0.261. The van der Waals surface area contributed by atoms with Crippen molar-refractivity contribution in [2.24, 2.45) is 4.99 Å². The molecule has 0 spiro atoms. The molecular weight excluding hydrogens is 517 g/mol. The first-order chi connectivity index (χ1) is 15.2.